The number of amides is 1. The lowest BCUT2D eigenvalue weighted by molar-refractivity contribution is 0.0947. The van der Waals surface area contributed by atoms with Gasteiger partial charge in [0.25, 0.3) is 5.91 Å². The lowest BCUT2D eigenvalue weighted by atomic mass is 10.2. The number of para-hydroxylation sites is 1. The van der Waals surface area contributed by atoms with Crippen LogP contribution in [0.4, 0.5) is 5.13 Å². The van der Waals surface area contributed by atoms with E-state index in [1.807, 2.05) is 43.3 Å². The van der Waals surface area contributed by atoms with E-state index in [1.54, 1.807) is 11.3 Å². The first kappa shape index (κ1) is 25.3. The highest BCUT2D eigenvalue weighted by Crippen LogP contribution is 2.34. The molecule has 0 bridgehead atoms. The second-order valence-corrected chi connectivity index (χ2v) is 9.71. The number of piperazine rings is 1. The molecule has 7 nitrogen and oxygen atoms in total. The van der Waals surface area contributed by atoms with Crippen LogP contribution in [0.2, 0.25) is 0 Å². The number of nitrogens with one attached hydrogen (secondary N) is 1. The maximum absolute atomic E-state index is 12.6. The number of carbonyl (C=O) groups is 1. The van der Waals surface area contributed by atoms with E-state index < -0.39 is 0 Å². The molecular weight excluding hydrogens is 460 g/mol. The number of benzene rings is 2. The fraction of sp³-hybridized carbons (Fsp3) is 0.481. The number of hydrogen-bond acceptors (Lipinski definition) is 7. The normalized spacial score (nSPS) is 14.3. The third-order valence-electron chi connectivity index (χ3n) is 6.14. The number of aromatic nitrogens is 1. The maximum atomic E-state index is 12.6. The molecule has 1 fully saturated rings. The van der Waals surface area contributed by atoms with Gasteiger partial charge in [0, 0.05) is 44.8 Å². The summed E-state index contributed by atoms with van der Waals surface area (Å²) in [6.45, 7) is 10.7. The van der Waals surface area contributed by atoms with E-state index in [0.717, 1.165) is 78.8 Å². The molecule has 8 heteroatoms. The number of thiazole rings is 1. The number of rotatable bonds is 12. The van der Waals surface area contributed by atoms with Crippen LogP contribution < -0.4 is 19.7 Å². The van der Waals surface area contributed by atoms with E-state index in [-0.39, 0.29) is 5.91 Å². The zero-order valence-corrected chi connectivity index (χ0v) is 21.6. The predicted molar refractivity (Wildman–Crippen MR) is 143 cm³/mol. The number of anilines is 1. The summed E-state index contributed by atoms with van der Waals surface area (Å²) < 4.78 is 12.7. The number of hydrogen-bond donors (Lipinski definition) is 1. The highest BCUT2D eigenvalue weighted by molar-refractivity contribution is 7.22. The van der Waals surface area contributed by atoms with Crippen LogP contribution in [0.15, 0.2) is 42.5 Å². The number of ether oxygens (including phenoxy) is 2. The molecule has 0 radical (unpaired) electrons. The third-order valence-corrected chi connectivity index (χ3v) is 7.22. The Balaban J connectivity index is 1.21. The molecule has 0 spiro atoms. The van der Waals surface area contributed by atoms with Crippen molar-refractivity contribution >= 4 is 32.6 Å². The monoisotopic (exact) mass is 496 g/mol. The zero-order valence-electron chi connectivity index (χ0n) is 20.8. The van der Waals surface area contributed by atoms with Crippen LogP contribution in [0.3, 0.4) is 0 Å². The van der Waals surface area contributed by atoms with Gasteiger partial charge >= 0.3 is 0 Å². The van der Waals surface area contributed by atoms with Gasteiger partial charge in [0.2, 0.25) is 0 Å². The molecule has 0 unspecified atom stereocenters. The van der Waals surface area contributed by atoms with E-state index in [0.29, 0.717) is 25.3 Å². The van der Waals surface area contributed by atoms with Crippen molar-refractivity contribution in [3.8, 4) is 11.5 Å². The summed E-state index contributed by atoms with van der Waals surface area (Å²) in [6, 6.07) is 13.6. The van der Waals surface area contributed by atoms with E-state index in [4.69, 9.17) is 14.5 Å². The largest absolute Gasteiger partial charge is 0.494 e. The summed E-state index contributed by atoms with van der Waals surface area (Å²) >= 11 is 1.72. The van der Waals surface area contributed by atoms with Crippen molar-refractivity contribution in [1.82, 2.24) is 15.2 Å². The summed E-state index contributed by atoms with van der Waals surface area (Å²) in [6.07, 6.45) is 3.36. The average molecular weight is 497 g/mol. The van der Waals surface area contributed by atoms with E-state index in [2.05, 4.69) is 28.1 Å². The van der Waals surface area contributed by atoms with Gasteiger partial charge in [-0.15, -0.1) is 0 Å². The molecule has 35 heavy (non-hydrogen) atoms. The minimum atomic E-state index is -0.0535. The molecule has 1 aliphatic heterocycles. The number of nitrogens with zero attached hydrogens (tertiary/aromatic N) is 3. The smallest absolute Gasteiger partial charge is 0.251 e. The Kier molecular flexibility index (Phi) is 9.20. The second kappa shape index (κ2) is 12.7. The highest BCUT2D eigenvalue weighted by atomic mass is 32.1. The molecule has 0 saturated carbocycles. The lowest BCUT2D eigenvalue weighted by Crippen LogP contribution is -2.48. The van der Waals surface area contributed by atoms with Crippen LogP contribution in [0.25, 0.3) is 10.2 Å². The quantitative estimate of drug-likeness (QED) is 0.363. The van der Waals surface area contributed by atoms with Gasteiger partial charge in [0.15, 0.2) is 5.13 Å². The molecule has 0 aliphatic carbocycles. The molecule has 0 atom stereocenters. The predicted octanol–water partition coefficient (Wildman–Crippen LogP) is 4.82. The van der Waals surface area contributed by atoms with Crippen molar-refractivity contribution < 1.29 is 14.3 Å². The molecule has 188 valence electrons. The Labute approximate surface area is 212 Å². The first-order valence-electron chi connectivity index (χ1n) is 12.7. The zero-order chi connectivity index (χ0) is 24.5. The summed E-state index contributed by atoms with van der Waals surface area (Å²) in [5.74, 6) is 1.56. The number of fused-ring (bicyclic) bond motifs is 1. The number of unbranched alkanes of at least 4 members (excludes halogenated alkanes) is 2. The van der Waals surface area contributed by atoms with Crippen molar-refractivity contribution in [2.75, 3.05) is 57.4 Å². The molecule has 1 aliphatic rings. The van der Waals surface area contributed by atoms with Gasteiger partial charge in [-0.25, -0.2) is 4.98 Å². The summed E-state index contributed by atoms with van der Waals surface area (Å²) in [5.41, 5.74) is 1.60. The van der Waals surface area contributed by atoms with Crippen molar-refractivity contribution in [2.45, 2.75) is 33.1 Å². The Bertz CT molecular complexity index is 1090. The van der Waals surface area contributed by atoms with Gasteiger partial charge in [-0.05, 0) is 43.7 Å². The SMILES string of the molecule is CCCCCOc1cccc(C(=O)NCCN2CCN(c3nc4c(OCC)cccc4s3)CC2)c1. The van der Waals surface area contributed by atoms with Crippen LogP contribution in [-0.4, -0.2) is 68.3 Å². The second-order valence-electron chi connectivity index (χ2n) is 8.70. The maximum Gasteiger partial charge on any atom is 0.251 e. The molecule has 2 heterocycles. The minimum absolute atomic E-state index is 0.0535. The van der Waals surface area contributed by atoms with Crippen molar-refractivity contribution in [2.24, 2.45) is 0 Å². The Morgan fingerprint density at radius 2 is 1.89 bits per heavy atom. The molecule has 1 N–H and O–H groups in total. The van der Waals surface area contributed by atoms with Gasteiger partial charge < -0.3 is 19.7 Å². The van der Waals surface area contributed by atoms with Crippen LogP contribution in [0.5, 0.6) is 11.5 Å². The van der Waals surface area contributed by atoms with Crippen molar-refractivity contribution in [1.29, 1.82) is 0 Å². The molecule has 1 amide bonds. The number of carbonyl (C=O) groups excluding carboxylic acids is 1. The van der Waals surface area contributed by atoms with Crippen LogP contribution in [0.1, 0.15) is 43.5 Å². The van der Waals surface area contributed by atoms with Gasteiger partial charge in [0.05, 0.1) is 17.9 Å². The minimum Gasteiger partial charge on any atom is -0.494 e. The fourth-order valence-corrected chi connectivity index (χ4v) is 5.22. The fourth-order valence-electron chi connectivity index (χ4n) is 4.18. The van der Waals surface area contributed by atoms with Crippen molar-refractivity contribution in [3.63, 3.8) is 0 Å². The van der Waals surface area contributed by atoms with E-state index >= 15 is 0 Å². The van der Waals surface area contributed by atoms with Gasteiger partial charge in [-0.1, -0.05) is 43.2 Å². The first-order valence-corrected chi connectivity index (χ1v) is 13.5. The van der Waals surface area contributed by atoms with Gasteiger partial charge in [0.1, 0.15) is 17.0 Å². The van der Waals surface area contributed by atoms with E-state index in [9.17, 15) is 4.79 Å². The molecule has 4 rings (SSSR count). The molecule has 3 aromatic rings. The molecule has 1 aromatic heterocycles. The van der Waals surface area contributed by atoms with E-state index in [1.165, 1.54) is 0 Å². The van der Waals surface area contributed by atoms with Crippen molar-refractivity contribution in [3.05, 3.63) is 48.0 Å². The Morgan fingerprint density at radius 1 is 1.06 bits per heavy atom. The summed E-state index contributed by atoms with van der Waals surface area (Å²) in [7, 11) is 0. The summed E-state index contributed by atoms with van der Waals surface area (Å²) in [5, 5.41) is 4.11. The summed E-state index contributed by atoms with van der Waals surface area (Å²) in [4.78, 5) is 22.2. The van der Waals surface area contributed by atoms with Gasteiger partial charge in [-0.2, -0.15) is 0 Å². The third kappa shape index (κ3) is 6.86. The van der Waals surface area contributed by atoms with Crippen LogP contribution in [-0.2, 0) is 0 Å². The standard InChI is InChI=1S/C27H36N4O3S/c1-3-5-6-19-34-22-10-7-9-21(20-22)26(32)28-13-14-30-15-17-31(18-16-30)27-29-25-23(33-4-2)11-8-12-24(25)35-27/h7-12,20H,3-6,13-19H2,1-2H3,(H,28,32). The Hall–Kier alpha value is -2.84. The van der Waals surface area contributed by atoms with Crippen LogP contribution >= 0.6 is 11.3 Å². The Morgan fingerprint density at radius 3 is 2.69 bits per heavy atom. The average Bonchev–Trinajstić information content (AvgIpc) is 3.33. The molecule has 1 saturated heterocycles. The topological polar surface area (TPSA) is 66.9 Å². The van der Waals surface area contributed by atoms with Gasteiger partial charge in [-0.3, -0.25) is 9.69 Å². The highest BCUT2D eigenvalue weighted by Gasteiger charge is 2.20. The van der Waals surface area contributed by atoms with Crippen LogP contribution in [0, 0.1) is 0 Å². The lowest BCUT2D eigenvalue weighted by Gasteiger charge is -2.34. The molecule has 2 aromatic carbocycles. The first-order chi connectivity index (χ1) is 17.2. The molecular formula is C27H36N4O3S.